The van der Waals surface area contributed by atoms with Crippen LogP contribution in [0.1, 0.15) is 37.3 Å². The van der Waals surface area contributed by atoms with Crippen LogP contribution in [0.4, 0.5) is 0 Å². The molecule has 0 fully saturated rings. The van der Waals surface area contributed by atoms with Crippen molar-refractivity contribution in [3.05, 3.63) is 47.5 Å². The fraction of sp³-hybridized carbons (Fsp3) is 0.368. The van der Waals surface area contributed by atoms with Crippen molar-refractivity contribution < 1.29 is 18.9 Å². The molecule has 1 atom stereocenters. The van der Waals surface area contributed by atoms with Crippen molar-refractivity contribution in [1.29, 1.82) is 0 Å². The molecule has 4 nitrogen and oxygen atoms in total. The molecule has 0 radical (unpaired) electrons. The molecule has 0 N–H and O–H groups in total. The standard InChI is InChI=1S/C19H22O4/c1-4-15(13-6-8-14(9-7-13)21-5-2)16-10-18-19(23-12-22-18)11-17(16)20-3/h6-11,15H,4-5,12H2,1-3H3/t15-/m0/s1. The highest BCUT2D eigenvalue weighted by Crippen LogP contribution is 2.43. The Hall–Kier alpha value is -2.36. The van der Waals surface area contributed by atoms with E-state index in [1.54, 1.807) is 7.11 Å². The van der Waals surface area contributed by atoms with Crippen molar-refractivity contribution in [2.45, 2.75) is 26.2 Å². The first-order chi connectivity index (χ1) is 11.3. The second-order valence-electron chi connectivity index (χ2n) is 5.41. The first kappa shape index (κ1) is 15.5. The average Bonchev–Trinajstić information content (AvgIpc) is 3.04. The molecule has 0 aromatic heterocycles. The Bertz CT molecular complexity index is 664. The zero-order valence-electron chi connectivity index (χ0n) is 13.8. The van der Waals surface area contributed by atoms with E-state index in [-0.39, 0.29) is 12.7 Å². The van der Waals surface area contributed by atoms with E-state index in [9.17, 15) is 0 Å². The third kappa shape index (κ3) is 3.07. The largest absolute Gasteiger partial charge is 0.496 e. The van der Waals surface area contributed by atoms with Crippen LogP contribution in [0.2, 0.25) is 0 Å². The van der Waals surface area contributed by atoms with Gasteiger partial charge in [-0.3, -0.25) is 0 Å². The van der Waals surface area contributed by atoms with Crippen LogP contribution in [0, 0.1) is 0 Å². The molecular formula is C19H22O4. The molecule has 4 heteroatoms. The van der Waals surface area contributed by atoms with Gasteiger partial charge >= 0.3 is 0 Å². The minimum absolute atomic E-state index is 0.232. The summed E-state index contributed by atoms with van der Waals surface area (Å²) in [6, 6.07) is 12.2. The molecule has 122 valence electrons. The van der Waals surface area contributed by atoms with Crippen molar-refractivity contribution in [2.24, 2.45) is 0 Å². The molecule has 0 spiro atoms. The highest BCUT2D eigenvalue weighted by atomic mass is 16.7. The van der Waals surface area contributed by atoms with Gasteiger partial charge in [-0.05, 0) is 37.1 Å². The van der Waals surface area contributed by atoms with Gasteiger partial charge in [0.15, 0.2) is 11.5 Å². The van der Waals surface area contributed by atoms with Crippen LogP contribution in [0.25, 0.3) is 0 Å². The van der Waals surface area contributed by atoms with E-state index in [0.717, 1.165) is 35.0 Å². The van der Waals surface area contributed by atoms with Crippen molar-refractivity contribution in [3.63, 3.8) is 0 Å². The monoisotopic (exact) mass is 314 g/mol. The van der Waals surface area contributed by atoms with E-state index >= 15 is 0 Å². The summed E-state index contributed by atoms with van der Waals surface area (Å²) >= 11 is 0. The fourth-order valence-corrected chi connectivity index (χ4v) is 2.99. The Morgan fingerprint density at radius 3 is 2.35 bits per heavy atom. The van der Waals surface area contributed by atoms with Gasteiger partial charge in [-0.1, -0.05) is 19.1 Å². The summed E-state index contributed by atoms with van der Waals surface area (Å²) in [4.78, 5) is 0. The maximum absolute atomic E-state index is 5.58. The van der Waals surface area contributed by atoms with E-state index in [0.29, 0.717) is 6.61 Å². The van der Waals surface area contributed by atoms with Crippen LogP contribution < -0.4 is 18.9 Å². The van der Waals surface area contributed by atoms with Crippen molar-refractivity contribution in [3.8, 4) is 23.0 Å². The quantitative estimate of drug-likeness (QED) is 0.793. The minimum Gasteiger partial charge on any atom is -0.496 e. The first-order valence-corrected chi connectivity index (χ1v) is 7.97. The Morgan fingerprint density at radius 1 is 1.04 bits per heavy atom. The molecule has 0 saturated heterocycles. The van der Waals surface area contributed by atoms with Crippen LogP contribution in [0.5, 0.6) is 23.0 Å². The summed E-state index contributed by atoms with van der Waals surface area (Å²) in [6.45, 7) is 5.10. The van der Waals surface area contributed by atoms with Crippen LogP contribution in [0.15, 0.2) is 36.4 Å². The third-order valence-electron chi connectivity index (χ3n) is 4.10. The zero-order valence-corrected chi connectivity index (χ0v) is 13.8. The second-order valence-corrected chi connectivity index (χ2v) is 5.41. The van der Waals surface area contributed by atoms with Gasteiger partial charge in [0.2, 0.25) is 6.79 Å². The Balaban J connectivity index is 1.97. The second kappa shape index (κ2) is 6.82. The van der Waals surface area contributed by atoms with Gasteiger partial charge in [-0.25, -0.2) is 0 Å². The SMILES string of the molecule is CCOc1ccc([C@H](CC)c2cc3c(cc2OC)OCO3)cc1. The van der Waals surface area contributed by atoms with Crippen LogP contribution in [-0.2, 0) is 0 Å². The van der Waals surface area contributed by atoms with Gasteiger partial charge in [0.05, 0.1) is 13.7 Å². The van der Waals surface area contributed by atoms with E-state index in [2.05, 4.69) is 19.1 Å². The van der Waals surface area contributed by atoms with Gasteiger partial charge in [0, 0.05) is 17.5 Å². The smallest absolute Gasteiger partial charge is 0.231 e. The molecule has 0 unspecified atom stereocenters. The number of hydrogen-bond acceptors (Lipinski definition) is 4. The molecule has 2 aromatic rings. The minimum atomic E-state index is 0.232. The van der Waals surface area contributed by atoms with Crippen LogP contribution in [-0.4, -0.2) is 20.5 Å². The highest BCUT2D eigenvalue weighted by molar-refractivity contribution is 5.55. The molecule has 0 aliphatic carbocycles. The van der Waals surface area contributed by atoms with Gasteiger partial charge < -0.3 is 18.9 Å². The maximum Gasteiger partial charge on any atom is 0.231 e. The number of methoxy groups -OCH3 is 1. The number of rotatable bonds is 6. The van der Waals surface area contributed by atoms with E-state index in [1.165, 1.54) is 5.56 Å². The summed E-state index contributed by atoms with van der Waals surface area (Å²) < 4.78 is 22.1. The lowest BCUT2D eigenvalue weighted by atomic mass is 9.88. The Morgan fingerprint density at radius 2 is 1.74 bits per heavy atom. The molecule has 0 amide bonds. The normalized spacial score (nSPS) is 13.7. The van der Waals surface area contributed by atoms with E-state index in [1.807, 2.05) is 31.2 Å². The fourth-order valence-electron chi connectivity index (χ4n) is 2.99. The highest BCUT2D eigenvalue weighted by Gasteiger charge is 2.23. The van der Waals surface area contributed by atoms with E-state index < -0.39 is 0 Å². The summed E-state index contributed by atoms with van der Waals surface area (Å²) in [5.74, 6) is 3.48. The number of fused-ring (bicyclic) bond motifs is 1. The molecule has 0 saturated carbocycles. The lowest BCUT2D eigenvalue weighted by molar-refractivity contribution is 0.174. The molecule has 23 heavy (non-hydrogen) atoms. The van der Waals surface area contributed by atoms with Crippen LogP contribution >= 0.6 is 0 Å². The molecule has 2 aromatic carbocycles. The van der Waals surface area contributed by atoms with Crippen LogP contribution in [0.3, 0.4) is 0 Å². The van der Waals surface area contributed by atoms with Gasteiger partial charge in [0.25, 0.3) is 0 Å². The zero-order chi connectivity index (χ0) is 16.2. The summed E-state index contributed by atoms with van der Waals surface area (Å²) in [5.41, 5.74) is 2.34. The van der Waals surface area contributed by atoms with Gasteiger partial charge in [0.1, 0.15) is 11.5 Å². The van der Waals surface area contributed by atoms with Crippen molar-refractivity contribution in [2.75, 3.05) is 20.5 Å². The summed E-state index contributed by atoms with van der Waals surface area (Å²) in [5, 5.41) is 0. The number of hydrogen-bond donors (Lipinski definition) is 0. The summed E-state index contributed by atoms with van der Waals surface area (Å²) in [6.07, 6.45) is 0.962. The van der Waals surface area contributed by atoms with Crippen molar-refractivity contribution in [1.82, 2.24) is 0 Å². The lowest BCUT2D eigenvalue weighted by Crippen LogP contribution is -2.03. The number of benzene rings is 2. The van der Waals surface area contributed by atoms with E-state index in [4.69, 9.17) is 18.9 Å². The average molecular weight is 314 g/mol. The molecule has 3 rings (SSSR count). The Kier molecular flexibility index (Phi) is 4.60. The molecule has 1 aliphatic rings. The molecule has 1 heterocycles. The predicted molar refractivity (Wildman–Crippen MR) is 88.9 cm³/mol. The molecular weight excluding hydrogens is 292 g/mol. The molecule has 1 aliphatic heterocycles. The third-order valence-corrected chi connectivity index (χ3v) is 4.10. The topological polar surface area (TPSA) is 36.9 Å². The van der Waals surface area contributed by atoms with Crippen molar-refractivity contribution >= 4 is 0 Å². The van der Waals surface area contributed by atoms with Gasteiger partial charge in [-0.2, -0.15) is 0 Å². The lowest BCUT2D eigenvalue weighted by Gasteiger charge is -2.20. The predicted octanol–water partition coefficient (Wildman–Crippen LogP) is 4.36. The number of ether oxygens (including phenoxy) is 4. The summed E-state index contributed by atoms with van der Waals surface area (Å²) in [7, 11) is 1.69. The molecule has 0 bridgehead atoms. The maximum atomic E-state index is 5.58. The first-order valence-electron chi connectivity index (χ1n) is 7.97. The Labute approximate surface area is 136 Å². The van der Waals surface area contributed by atoms with Gasteiger partial charge in [-0.15, -0.1) is 0 Å².